The number of benzene rings is 1. The molecule has 22 heavy (non-hydrogen) atoms. The van der Waals surface area contributed by atoms with Crippen molar-refractivity contribution in [3.63, 3.8) is 0 Å². The van der Waals surface area contributed by atoms with Crippen LogP contribution in [0, 0.1) is 15.5 Å². The summed E-state index contributed by atoms with van der Waals surface area (Å²) < 4.78 is 0. The molecular formula is C15H18N2O5. The van der Waals surface area contributed by atoms with Crippen molar-refractivity contribution in [1.29, 1.82) is 0 Å². The number of nitrogens with zero attached hydrogens (tertiary/aromatic N) is 1. The fraction of sp³-hybridized carbons (Fsp3) is 0.467. The van der Waals surface area contributed by atoms with Crippen LogP contribution in [0.4, 0.5) is 5.69 Å². The molecule has 118 valence electrons. The Labute approximate surface area is 127 Å². The normalized spacial score (nSPS) is 15.6. The maximum Gasteiger partial charge on any atom is 0.310 e. The van der Waals surface area contributed by atoms with Crippen molar-refractivity contribution in [1.82, 2.24) is 5.32 Å². The van der Waals surface area contributed by atoms with Gasteiger partial charge in [-0.15, -0.1) is 0 Å². The minimum absolute atomic E-state index is 0.0257. The lowest BCUT2D eigenvalue weighted by molar-refractivity contribution is -0.385. The van der Waals surface area contributed by atoms with Crippen LogP contribution in [0.15, 0.2) is 24.3 Å². The maximum atomic E-state index is 11.9. The number of carboxylic acid groups (broad SMARTS) is 1. The van der Waals surface area contributed by atoms with Gasteiger partial charge in [-0.2, -0.15) is 0 Å². The number of carbonyl (C=O) groups is 2. The average Bonchev–Trinajstić information content (AvgIpc) is 2.42. The van der Waals surface area contributed by atoms with Crippen LogP contribution < -0.4 is 5.32 Å². The number of hydrogen-bond donors (Lipinski definition) is 2. The first-order valence-electron chi connectivity index (χ1n) is 7.17. The summed E-state index contributed by atoms with van der Waals surface area (Å²) in [6.07, 6.45) is 2.19. The zero-order valence-electron chi connectivity index (χ0n) is 12.1. The average molecular weight is 306 g/mol. The van der Waals surface area contributed by atoms with Gasteiger partial charge in [0.1, 0.15) is 0 Å². The molecule has 1 fully saturated rings. The van der Waals surface area contributed by atoms with E-state index in [0.717, 1.165) is 6.42 Å². The zero-order chi connectivity index (χ0) is 16.2. The van der Waals surface area contributed by atoms with E-state index in [1.54, 1.807) is 18.2 Å². The standard InChI is InChI=1S/C15H18N2O5/c18-13(10-15(14(19)20)7-3-8-15)16-9-6-11-4-1-2-5-12(11)17(21)22/h1-2,4-5H,3,6-10H2,(H,16,18)(H,19,20). The van der Waals surface area contributed by atoms with E-state index >= 15 is 0 Å². The molecule has 0 heterocycles. The Balaban J connectivity index is 1.85. The van der Waals surface area contributed by atoms with Crippen molar-refractivity contribution in [2.75, 3.05) is 6.54 Å². The number of nitro groups is 1. The summed E-state index contributed by atoms with van der Waals surface area (Å²) in [6.45, 7) is 0.249. The third-order valence-electron chi connectivity index (χ3n) is 4.17. The lowest BCUT2D eigenvalue weighted by atomic mass is 9.66. The molecule has 0 atom stereocenters. The second kappa shape index (κ2) is 6.55. The molecule has 7 heteroatoms. The van der Waals surface area contributed by atoms with Gasteiger partial charge in [-0.3, -0.25) is 19.7 Å². The highest BCUT2D eigenvalue weighted by Crippen LogP contribution is 2.44. The lowest BCUT2D eigenvalue weighted by Gasteiger charge is -2.36. The van der Waals surface area contributed by atoms with E-state index < -0.39 is 16.3 Å². The Morgan fingerprint density at radius 2 is 2.00 bits per heavy atom. The predicted molar refractivity (Wildman–Crippen MR) is 78.3 cm³/mol. The fourth-order valence-electron chi connectivity index (χ4n) is 2.68. The highest BCUT2D eigenvalue weighted by atomic mass is 16.6. The molecule has 7 nitrogen and oxygen atoms in total. The number of carbonyl (C=O) groups excluding carboxylic acids is 1. The van der Waals surface area contributed by atoms with Crippen molar-refractivity contribution >= 4 is 17.6 Å². The number of para-hydroxylation sites is 1. The van der Waals surface area contributed by atoms with Crippen molar-refractivity contribution in [2.24, 2.45) is 5.41 Å². The van der Waals surface area contributed by atoms with E-state index in [9.17, 15) is 24.8 Å². The highest BCUT2D eigenvalue weighted by Gasteiger charge is 2.45. The Morgan fingerprint density at radius 1 is 1.32 bits per heavy atom. The topological polar surface area (TPSA) is 110 Å². The summed E-state index contributed by atoms with van der Waals surface area (Å²) in [7, 11) is 0. The van der Waals surface area contributed by atoms with Crippen LogP contribution in [0.1, 0.15) is 31.2 Å². The van der Waals surface area contributed by atoms with E-state index in [4.69, 9.17) is 0 Å². The maximum absolute atomic E-state index is 11.9. The molecule has 1 aromatic carbocycles. The van der Waals surface area contributed by atoms with Gasteiger partial charge in [0.15, 0.2) is 0 Å². The van der Waals surface area contributed by atoms with Gasteiger partial charge in [-0.05, 0) is 19.3 Å². The summed E-state index contributed by atoms with van der Waals surface area (Å²) in [4.78, 5) is 33.5. The largest absolute Gasteiger partial charge is 0.481 e. The quantitative estimate of drug-likeness (QED) is 0.590. The van der Waals surface area contributed by atoms with Crippen molar-refractivity contribution < 1.29 is 19.6 Å². The van der Waals surface area contributed by atoms with E-state index in [0.29, 0.717) is 24.8 Å². The molecule has 0 saturated heterocycles. The first kappa shape index (κ1) is 15.9. The number of carboxylic acids is 1. The molecule has 1 amide bonds. The summed E-state index contributed by atoms with van der Waals surface area (Å²) >= 11 is 0. The van der Waals surface area contributed by atoms with Gasteiger partial charge < -0.3 is 10.4 Å². The number of amides is 1. The number of hydrogen-bond acceptors (Lipinski definition) is 4. The predicted octanol–water partition coefficient (Wildman–Crippen LogP) is 1.90. The monoisotopic (exact) mass is 306 g/mol. The first-order valence-corrected chi connectivity index (χ1v) is 7.17. The highest BCUT2D eigenvalue weighted by molar-refractivity contribution is 5.85. The number of nitro benzene ring substituents is 1. The summed E-state index contributed by atoms with van der Waals surface area (Å²) in [5, 5.41) is 22.7. The summed E-state index contributed by atoms with van der Waals surface area (Å²) in [5.41, 5.74) is -0.342. The van der Waals surface area contributed by atoms with Crippen LogP contribution >= 0.6 is 0 Å². The molecule has 0 aliphatic heterocycles. The smallest absolute Gasteiger partial charge is 0.310 e. The number of rotatable bonds is 7. The van der Waals surface area contributed by atoms with Crippen molar-refractivity contribution in [2.45, 2.75) is 32.1 Å². The van der Waals surface area contributed by atoms with E-state index in [2.05, 4.69) is 5.32 Å². The number of aliphatic carboxylic acids is 1. The molecule has 1 aromatic rings. The van der Waals surface area contributed by atoms with Crippen LogP contribution in [0.3, 0.4) is 0 Å². The molecule has 0 aromatic heterocycles. The minimum atomic E-state index is -0.924. The molecule has 2 N–H and O–H groups in total. The first-order chi connectivity index (χ1) is 10.4. The van der Waals surface area contributed by atoms with Crippen LogP contribution in [0.5, 0.6) is 0 Å². The van der Waals surface area contributed by atoms with Crippen LogP contribution in [0.25, 0.3) is 0 Å². The van der Waals surface area contributed by atoms with Crippen LogP contribution in [0.2, 0.25) is 0 Å². The van der Waals surface area contributed by atoms with Gasteiger partial charge >= 0.3 is 5.97 Å². The molecule has 0 bridgehead atoms. The minimum Gasteiger partial charge on any atom is -0.481 e. The fourth-order valence-corrected chi connectivity index (χ4v) is 2.68. The van der Waals surface area contributed by atoms with Gasteiger partial charge in [-0.1, -0.05) is 24.6 Å². The Morgan fingerprint density at radius 3 is 2.55 bits per heavy atom. The van der Waals surface area contributed by atoms with E-state index in [1.807, 2.05) is 0 Å². The van der Waals surface area contributed by atoms with E-state index in [1.165, 1.54) is 6.07 Å². The van der Waals surface area contributed by atoms with Gasteiger partial charge in [0.05, 0.1) is 10.3 Å². The summed E-state index contributed by atoms with van der Waals surface area (Å²) in [5.74, 6) is -1.24. The second-order valence-electron chi connectivity index (χ2n) is 5.60. The van der Waals surface area contributed by atoms with Gasteiger partial charge in [0, 0.05) is 24.6 Å². The van der Waals surface area contributed by atoms with Crippen molar-refractivity contribution in [3.8, 4) is 0 Å². The molecule has 1 aliphatic rings. The summed E-state index contributed by atoms with van der Waals surface area (Å²) in [6, 6.07) is 6.37. The number of nitrogens with one attached hydrogen (secondary N) is 1. The Hall–Kier alpha value is -2.44. The van der Waals surface area contributed by atoms with E-state index in [-0.39, 0.29) is 24.6 Å². The molecule has 2 rings (SSSR count). The molecule has 1 aliphatic carbocycles. The Kier molecular flexibility index (Phi) is 4.75. The van der Waals surface area contributed by atoms with Crippen molar-refractivity contribution in [3.05, 3.63) is 39.9 Å². The zero-order valence-corrected chi connectivity index (χ0v) is 12.1. The van der Waals surface area contributed by atoms with Crippen LogP contribution in [-0.4, -0.2) is 28.5 Å². The van der Waals surface area contributed by atoms with Gasteiger partial charge in [0.25, 0.3) is 5.69 Å². The van der Waals surface area contributed by atoms with Crippen LogP contribution in [-0.2, 0) is 16.0 Å². The SMILES string of the molecule is O=C(CC1(C(=O)O)CCC1)NCCc1ccccc1[N+](=O)[O-]. The molecule has 1 saturated carbocycles. The van der Waals surface area contributed by atoms with Gasteiger partial charge in [0.2, 0.25) is 5.91 Å². The molecule has 0 radical (unpaired) electrons. The molecular weight excluding hydrogens is 288 g/mol. The third kappa shape index (κ3) is 3.41. The Bertz CT molecular complexity index is 595. The molecule has 0 unspecified atom stereocenters. The molecule has 0 spiro atoms. The van der Waals surface area contributed by atoms with Gasteiger partial charge in [-0.25, -0.2) is 0 Å². The second-order valence-corrected chi connectivity index (χ2v) is 5.60. The third-order valence-corrected chi connectivity index (χ3v) is 4.17. The lowest BCUT2D eigenvalue weighted by Crippen LogP contribution is -2.42.